The number of likely N-dealkylation sites (N-methyl/N-ethyl adjacent to an activating group) is 1. The van der Waals surface area contributed by atoms with Crippen LogP contribution < -0.4 is 5.32 Å². The average Bonchev–Trinajstić information content (AvgIpc) is 2.63. The lowest BCUT2D eigenvalue weighted by molar-refractivity contribution is -0.121. The summed E-state index contributed by atoms with van der Waals surface area (Å²) in [5.41, 5.74) is 1.95. The van der Waals surface area contributed by atoms with Gasteiger partial charge in [-0.1, -0.05) is 47.0 Å². The van der Waals surface area contributed by atoms with Gasteiger partial charge < -0.3 is 5.32 Å². The van der Waals surface area contributed by atoms with Gasteiger partial charge in [0, 0.05) is 35.1 Å². The van der Waals surface area contributed by atoms with Crippen molar-refractivity contribution in [1.29, 1.82) is 0 Å². The van der Waals surface area contributed by atoms with Gasteiger partial charge in [0.1, 0.15) is 0 Å². The van der Waals surface area contributed by atoms with E-state index in [0.717, 1.165) is 15.4 Å². The quantitative estimate of drug-likeness (QED) is 0.574. The summed E-state index contributed by atoms with van der Waals surface area (Å²) in [6, 6.07) is 11.9. The number of carbonyl (C=O) groups excluding carboxylic acids is 1. The molecule has 5 nitrogen and oxygen atoms in total. The molecule has 2 rings (SSSR count). The Morgan fingerprint density at radius 1 is 1.14 bits per heavy atom. The van der Waals surface area contributed by atoms with Crippen molar-refractivity contribution in [2.45, 2.75) is 17.6 Å². The summed E-state index contributed by atoms with van der Waals surface area (Å²) in [6.45, 7) is 2.09. The molecule has 9 heteroatoms. The summed E-state index contributed by atoms with van der Waals surface area (Å²) in [5.74, 6) is 1.04. The summed E-state index contributed by atoms with van der Waals surface area (Å²) >= 11 is 13.6. The van der Waals surface area contributed by atoms with Crippen molar-refractivity contribution in [3.05, 3.63) is 63.6 Å². The minimum Gasteiger partial charge on any atom is -0.354 e. The number of rotatable bonds is 9. The van der Waals surface area contributed by atoms with Gasteiger partial charge in [-0.25, -0.2) is 8.42 Å². The van der Waals surface area contributed by atoms with Crippen LogP contribution in [0, 0.1) is 6.92 Å². The summed E-state index contributed by atoms with van der Waals surface area (Å²) in [5, 5.41) is 3.95. The number of benzene rings is 2. The topological polar surface area (TPSA) is 66.5 Å². The van der Waals surface area contributed by atoms with Gasteiger partial charge in [-0.3, -0.25) is 4.79 Å². The minimum atomic E-state index is -3.69. The van der Waals surface area contributed by atoms with Crippen LogP contribution >= 0.6 is 35.0 Å². The number of nitrogens with zero attached hydrogens (tertiary/aromatic N) is 1. The van der Waals surface area contributed by atoms with Crippen LogP contribution in [0.15, 0.2) is 47.4 Å². The number of carbonyl (C=O) groups is 1. The fraction of sp³-hybridized carbons (Fsp3) is 0.316. The normalized spacial score (nSPS) is 11.6. The zero-order valence-electron chi connectivity index (χ0n) is 15.6. The molecule has 0 heterocycles. The predicted molar refractivity (Wildman–Crippen MR) is 117 cm³/mol. The highest BCUT2D eigenvalue weighted by atomic mass is 35.5. The third kappa shape index (κ3) is 6.67. The molecule has 0 unspecified atom stereocenters. The van der Waals surface area contributed by atoms with E-state index in [0.29, 0.717) is 28.1 Å². The number of aryl methyl sites for hydroxylation is 1. The van der Waals surface area contributed by atoms with Gasteiger partial charge in [-0.15, -0.1) is 0 Å². The summed E-state index contributed by atoms with van der Waals surface area (Å²) < 4.78 is 26.0. The van der Waals surface area contributed by atoms with Gasteiger partial charge >= 0.3 is 0 Å². The van der Waals surface area contributed by atoms with Gasteiger partial charge in [0.05, 0.1) is 11.4 Å². The molecule has 152 valence electrons. The van der Waals surface area contributed by atoms with Crippen LogP contribution in [-0.4, -0.2) is 44.5 Å². The molecule has 28 heavy (non-hydrogen) atoms. The molecule has 1 amide bonds. The first-order chi connectivity index (χ1) is 13.2. The van der Waals surface area contributed by atoms with Gasteiger partial charge in [-0.2, -0.15) is 16.1 Å². The molecule has 0 spiro atoms. The monoisotopic (exact) mass is 460 g/mol. The van der Waals surface area contributed by atoms with Crippen molar-refractivity contribution in [1.82, 2.24) is 9.62 Å². The van der Waals surface area contributed by atoms with Crippen molar-refractivity contribution in [2.24, 2.45) is 0 Å². The van der Waals surface area contributed by atoms with Gasteiger partial charge in [0.15, 0.2) is 0 Å². The first-order valence-corrected chi connectivity index (χ1v) is 11.9. The lowest BCUT2D eigenvalue weighted by Gasteiger charge is -2.17. The second-order valence-corrected chi connectivity index (χ2v) is 10.2. The zero-order chi connectivity index (χ0) is 20.7. The maximum absolute atomic E-state index is 12.5. The van der Waals surface area contributed by atoms with E-state index in [-0.39, 0.29) is 17.3 Å². The van der Waals surface area contributed by atoms with Crippen molar-refractivity contribution in [3.8, 4) is 0 Å². The van der Waals surface area contributed by atoms with E-state index in [2.05, 4.69) is 5.32 Å². The maximum atomic E-state index is 12.5. The second-order valence-electron chi connectivity index (χ2n) is 6.21. The highest BCUT2D eigenvalue weighted by molar-refractivity contribution is 7.98. The molecule has 0 aliphatic carbocycles. The fourth-order valence-electron chi connectivity index (χ4n) is 2.32. The van der Waals surface area contributed by atoms with E-state index in [9.17, 15) is 13.2 Å². The van der Waals surface area contributed by atoms with Crippen LogP contribution in [0.25, 0.3) is 0 Å². The van der Waals surface area contributed by atoms with E-state index >= 15 is 0 Å². The van der Waals surface area contributed by atoms with Crippen molar-refractivity contribution >= 4 is 50.9 Å². The number of amides is 1. The Morgan fingerprint density at radius 2 is 1.82 bits per heavy atom. The number of nitrogens with one attached hydrogen (secondary N) is 1. The SMILES string of the molecule is Cc1ccc(S(=O)(=O)N(C)CC(=O)NCCSCc2ccc(Cl)cc2Cl)cc1. The molecule has 0 atom stereocenters. The van der Waals surface area contributed by atoms with E-state index < -0.39 is 10.0 Å². The molecule has 2 aromatic carbocycles. The molecule has 0 saturated carbocycles. The number of thioether (sulfide) groups is 1. The fourth-order valence-corrected chi connectivity index (χ4v) is 4.86. The molecule has 0 bridgehead atoms. The summed E-state index contributed by atoms with van der Waals surface area (Å²) in [7, 11) is -2.29. The molecule has 0 aliphatic heterocycles. The average molecular weight is 461 g/mol. The Kier molecular flexibility index (Phi) is 8.64. The smallest absolute Gasteiger partial charge is 0.243 e. The van der Waals surface area contributed by atoms with Crippen LogP contribution in [0.5, 0.6) is 0 Å². The Labute approximate surface area is 180 Å². The van der Waals surface area contributed by atoms with Gasteiger partial charge in [0.25, 0.3) is 0 Å². The van der Waals surface area contributed by atoms with Crippen molar-refractivity contribution in [2.75, 3.05) is 25.9 Å². The van der Waals surface area contributed by atoms with Crippen LogP contribution in [0.2, 0.25) is 10.0 Å². The van der Waals surface area contributed by atoms with E-state index in [4.69, 9.17) is 23.2 Å². The van der Waals surface area contributed by atoms with E-state index in [1.165, 1.54) is 19.2 Å². The highest BCUT2D eigenvalue weighted by Crippen LogP contribution is 2.24. The van der Waals surface area contributed by atoms with Crippen molar-refractivity contribution in [3.63, 3.8) is 0 Å². The molecule has 0 aliphatic rings. The lowest BCUT2D eigenvalue weighted by atomic mass is 10.2. The predicted octanol–water partition coefficient (Wildman–Crippen LogP) is 3.97. The Morgan fingerprint density at radius 3 is 2.46 bits per heavy atom. The molecule has 0 saturated heterocycles. The lowest BCUT2D eigenvalue weighted by Crippen LogP contribution is -2.39. The minimum absolute atomic E-state index is 0.170. The van der Waals surface area contributed by atoms with Crippen LogP contribution in [-0.2, 0) is 20.6 Å². The molecule has 1 N–H and O–H groups in total. The Hall–Kier alpha value is -1.25. The standard InChI is InChI=1S/C19H22Cl2N2O3S2/c1-14-3-7-17(8-4-14)28(25,26)23(2)12-19(24)22-9-10-27-13-15-5-6-16(20)11-18(15)21/h3-8,11H,9-10,12-13H2,1-2H3,(H,22,24). The molecule has 2 aromatic rings. The molecular formula is C19H22Cl2N2O3S2. The Balaban J connectivity index is 1.75. The van der Waals surface area contributed by atoms with Crippen LogP contribution in [0.1, 0.15) is 11.1 Å². The largest absolute Gasteiger partial charge is 0.354 e. The third-order valence-corrected chi connectivity index (χ3v) is 7.35. The van der Waals surface area contributed by atoms with Crippen LogP contribution in [0.4, 0.5) is 0 Å². The summed E-state index contributed by atoms with van der Waals surface area (Å²) in [4.78, 5) is 12.2. The second kappa shape index (κ2) is 10.5. The van der Waals surface area contributed by atoms with Crippen LogP contribution in [0.3, 0.4) is 0 Å². The van der Waals surface area contributed by atoms with E-state index in [1.807, 2.05) is 13.0 Å². The maximum Gasteiger partial charge on any atom is 0.243 e. The third-order valence-electron chi connectivity index (χ3n) is 3.94. The molecular weight excluding hydrogens is 439 g/mol. The first-order valence-electron chi connectivity index (χ1n) is 8.51. The molecule has 0 fully saturated rings. The summed E-state index contributed by atoms with van der Waals surface area (Å²) in [6.07, 6.45) is 0. The molecule has 0 radical (unpaired) electrons. The first kappa shape index (κ1) is 23.0. The number of halogens is 2. The van der Waals surface area contributed by atoms with Gasteiger partial charge in [0.2, 0.25) is 15.9 Å². The number of hydrogen-bond acceptors (Lipinski definition) is 4. The molecule has 0 aromatic heterocycles. The number of sulfonamides is 1. The van der Waals surface area contributed by atoms with E-state index in [1.54, 1.807) is 36.0 Å². The highest BCUT2D eigenvalue weighted by Gasteiger charge is 2.22. The Bertz CT molecular complexity index is 919. The van der Waals surface area contributed by atoms with Gasteiger partial charge in [-0.05, 0) is 36.8 Å². The van der Waals surface area contributed by atoms with Crippen molar-refractivity contribution < 1.29 is 13.2 Å². The number of hydrogen-bond donors (Lipinski definition) is 1. The zero-order valence-corrected chi connectivity index (χ0v) is 18.8.